The molecule has 140 valence electrons. The van der Waals surface area contributed by atoms with Gasteiger partial charge in [-0.05, 0) is 12.5 Å². The first-order valence-corrected chi connectivity index (χ1v) is 8.11. The molecule has 0 aliphatic rings. The number of carbonyl (C=O) groups is 1. The van der Waals surface area contributed by atoms with Gasteiger partial charge in [0.2, 0.25) is 6.29 Å². The fourth-order valence-electron chi connectivity index (χ4n) is 2.30. The lowest BCUT2D eigenvalue weighted by Gasteiger charge is -2.18. The Labute approximate surface area is 147 Å². The van der Waals surface area contributed by atoms with Crippen molar-refractivity contribution in [3.63, 3.8) is 0 Å². The highest BCUT2D eigenvalue weighted by Crippen LogP contribution is 2.35. The number of nitro groups is 1. The second-order valence-corrected chi connectivity index (χ2v) is 5.44. The standard InChI is InChI=1S/C17H25NO7/c1-5-6-7-8-17(25-12(2)19)24-11-13-9-15(22-3)16(23-4)10-14(13)18(20)21/h9-10,17H,5-8,11H2,1-4H3. The van der Waals surface area contributed by atoms with E-state index in [2.05, 4.69) is 6.92 Å². The van der Waals surface area contributed by atoms with Gasteiger partial charge in [0.1, 0.15) is 0 Å². The van der Waals surface area contributed by atoms with E-state index in [9.17, 15) is 14.9 Å². The molecule has 0 spiro atoms. The Hall–Kier alpha value is -2.35. The van der Waals surface area contributed by atoms with E-state index < -0.39 is 17.2 Å². The summed E-state index contributed by atoms with van der Waals surface area (Å²) in [4.78, 5) is 22.0. The molecule has 0 aliphatic carbocycles. The van der Waals surface area contributed by atoms with E-state index in [1.807, 2.05) is 0 Å². The van der Waals surface area contributed by atoms with Gasteiger partial charge in [0.25, 0.3) is 5.69 Å². The number of hydrogen-bond acceptors (Lipinski definition) is 7. The smallest absolute Gasteiger partial charge is 0.304 e. The molecule has 0 amide bonds. The Morgan fingerprint density at radius 1 is 1.20 bits per heavy atom. The largest absolute Gasteiger partial charge is 0.493 e. The highest BCUT2D eigenvalue weighted by atomic mass is 16.7. The summed E-state index contributed by atoms with van der Waals surface area (Å²) >= 11 is 0. The fourth-order valence-corrected chi connectivity index (χ4v) is 2.30. The highest BCUT2D eigenvalue weighted by molar-refractivity contribution is 5.66. The number of unbranched alkanes of at least 4 members (excludes halogenated alkanes) is 2. The minimum atomic E-state index is -0.739. The first-order valence-electron chi connectivity index (χ1n) is 8.11. The molecule has 0 aliphatic heterocycles. The first kappa shape index (κ1) is 20.7. The van der Waals surface area contributed by atoms with Crippen LogP contribution in [0.2, 0.25) is 0 Å². The van der Waals surface area contributed by atoms with Gasteiger partial charge in [0.15, 0.2) is 11.5 Å². The minimum absolute atomic E-state index is 0.0826. The SMILES string of the molecule is CCCCCC(OCc1cc(OC)c(OC)cc1[N+](=O)[O-])OC(C)=O. The Balaban J connectivity index is 2.93. The number of hydrogen-bond donors (Lipinski definition) is 0. The molecule has 1 atom stereocenters. The number of rotatable bonds is 11. The molecule has 0 aromatic heterocycles. The van der Waals surface area contributed by atoms with Gasteiger partial charge < -0.3 is 18.9 Å². The van der Waals surface area contributed by atoms with Gasteiger partial charge in [-0.2, -0.15) is 0 Å². The van der Waals surface area contributed by atoms with Crippen molar-refractivity contribution in [3.8, 4) is 11.5 Å². The topological polar surface area (TPSA) is 97.1 Å². The second kappa shape index (κ2) is 10.5. The maximum absolute atomic E-state index is 11.3. The highest BCUT2D eigenvalue weighted by Gasteiger charge is 2.21. The predicted octanol–water partition coefficient (Wildman–Crippen LogP) is 3.60. The molecule has 0 fully saturated rings. The molecule has 25 heavy (non-hydrogen) atoms. The molecule has 8 heteroatoms. The lowest BCUT2D eigenvalue weighted by atomic mass is 10.1. The number of nitro benzene ring substituents is 1. The van der Waals surface area contributed by atoms with Crippen molar-refractivity contribution in [2.24, 2.45) is 0 Å². The van der Waals surface area contributed by atoms with Crippen molar-refractivity contribution < 1.29 is 28.7 Å². The Kier molecular flexibility index (Phi) is 8.69. The van der Waals surface area contributed by atoms with Crippen LogP contribution in [0.15, 0.2) is 12.1 Å². The second-order valence-electron chi connectivity index (χ2n) is 5.44. The number of benzene rings is 1. The van der Waals surface area contributed by atoms with E-state index in [0.717, 1.165) is 19.3 Å². The van der Waals surface area contributed by atoms with Crippen LogP contribution in [0.5, 0.6) is 11.5 Å². The molecule has 0 N–H and O–H groups in total. The van der Waals surface area contributed by atoms with Crippen molar-refractivity contribution in [2.75, 3.05) is 14.2 Å². The molecule has 0 saturated heterocycles. The van der Waals surface area contributed by atoms with Gasteiger partial charge in [0, 0.05) is 13.3 Å². The molecule has 1 aromatic rings. The van der Waals surface area contributed by atoms with E-state index in [0.29, 0.717) is 17.7 Å². The third kappa shape index (κ3) is 6.58. The molecule has 0 heterocycles. The Morgan fingerprint density at radius 3 is 2.36 bits per heavy atom. The van der Waals surface area contributed by atoms with Crippen molar-refractivity contribution in [1.29, 1.82) is 0 Å². The van der Waals surface area contributed by atoms with Crippen LogP contribution in [0.3, 0.4) is 0 Å². The number of ether oxygens (including phenoxy) is 4. The van der Waals surface area contributed by atoms with Crippen LogP contribution in [-0.4, -0.2) is 31.4 Å². The van der Waals surface area contributed by atoms with E-state index in [1.165, 1.54) is 33.3 Å². The minimum Gasteiger partial charge on any atom is -0.493 e. The summed E-state index contributed by atoms with van der Waals surface area (Å²) in [7, 11) is 2.85. The monoisotopic (exact) mass is 355 g/mol. The summed E-state index contributed by atoms with van der Waals surface area (Å²) < 4.78 is 21.0. The third-order valence-electron chi connectivity index (χ3n) is 3.55. The van der Waals surface area contributed by atoms with Crippen LogP contribution in [0.25, 0.3) is 0 Å². The lowest BCUT2D eigenvalue weighted by Crippen LogP contribution is -2.20. The molecule has 0 bridgehead atoms. The van der Waals surface area contributed by atoms with Crippen molar-refractivity contribution in [1.82, 2.24) is 0 Å². The van der Waals surface area contributed by atoms with Gasteiger partial charge in [0.05, 0.1) is 37.4 Å². The molecular formula is C17H25NO7. The molecule has 1 aromatic carbocycles. The quantitative estimate of drug-likeness (QED) is 0.197. The zero-order valence-electron chi connectivity index (χ0n) is 15.1. The van der Waals surface area contributed by atoms with Gasteiger partial charge in [-0.15, -0.1) is 0 Å². The maximum atomic E-state index is 11.3. The number of methoxy groups -OCH3 is 2. The van der Waals surface area contributed by atoms with E-state index in [4.69, 9.17) is 18.9 Å². The van der Waals surface area contributed by atoms with E-state index in [1.54, 1.807) is 0 Å². The Bertz CT molecular complexity index is 589. The molecule has 0 saturated carbocycles. The van der Waals surface area contributed by atoms with Crippen molar-refractivity contribution in [3.05, 3.63) is 27.8 Å². The maximum Gasteiger partial charge on any atom is 0.304 e. The van der Waals surface area contributed by atoms with Crippen LogP contribution < -0.4 is 9.47 Å². The summed E-state index contributed by atoms with van der Waals surface area (Å²) in [6, 6.07) is 2.78. The third-order valence-corrected chi connectivity index (χ3v) is 3.55. The molecule has 1 unspecified atom stereocenters. The number of carbonyl (C=O) groups excluding carboxylic acids is 1. The first-order chi connectivity index (χ1) is 11.9. The van der Waals surface area contributed by atoms with E-state index >= 15 is 0 Å². The fraction of sp³-hybridized carbons (Fsp3) is 0.588. The summed E-state index contributed by atoms with van der Waals surface area (Å²) in [5.41, 5.74) is 0.170. The average molecular weight is 355 g/mol. The molecule has 1 rings (SSSR count). The van der Waals surface area contributed by atoms with Crippen molar-refractivity contribution >= 4 is 11.7 Å². The van der Waals surface area contributed by atoms with Gasteiger partial charge >= 0.3 is 5.97 Å². The van der Waals surface area contributed by atoms with Crippen molar-refractivity contribution in [2.45, 2.75) is 52.4 Å². The number of esters is 1. The van der Waals surface area contributed by atoms with Gasteiger partial charge in [-0.3, -0.25) is 14.9 Å². The van der Waals surface area contributed by atoms with Crippen LogP contribution in [0.1, 0.15) is 45.1 Å². The normalized spacial score (nSPS) is 11.7. The number of nitrogens with zero attached hydrogens (tertiary/aromatic N) is 1. The lowest BCUT2D eigenvalue weighted by molar-refractivity contribution is -0.386. The van der Waals surface area contributed by atoms with E-state index in [-0.39, 0.29) is 18.0 Å². The van der Waals surface area contributed by atoms with Gasteiger partial charge in [-0.1, -0.05) is 19.8 Å². The molecule has 0 radical (unpaired) electrons. The molecule has 8 nitrogen and oxygen atoms in total. The zero-order chi connectivity index (χ0) is 18.8. The summed E-state index contributed by atoms with van der Waals surface area (Å²) in [6.45, 7) is 3.28. The van der Waals surface area contributed by atoms with Crippen LogP contribution >= 0.6 is 0 Å². The summed E-state index contributed by atoms with van der Waals surface area (Å²) in [5, 5.41) is 11.3. The predicted molar refractivity (Wildman–Crippen MR) is 90.7 cm³/mol. The summed E-state index contributed by atoms with van der Waals surface area (Å²) in [6.07, 6.45) is 2.64. The zero-order valence-corrected chi connectivity index (χ0v) is 15.1. The Morgan fingerprint density at radius 2 is 1.84 bits per heavy atom. The van der Waals surface area contributed by atoms with Crippen LogP contribution in [0, 0.1) is 10.1 Å². The molecular weight excluding hydrogens is 330 g/mol. The average Bonchev–Trinajstić information content (AvgIpc) is 2.58. The van der Waals surface area contributed by atoms with Gasteiger partial charge in [-0.25, -0.2) is 0 Å². The summed E-state index contributed by atoms with van der Waals surface area (Å²) in [5.74, 6) is 0.169. The van der Waals surface area contributed by atoms with Crippen LogP contribution in [0.4, 0.5) is 5.69 Å². The van der Waals surface area contributed by atoms with Crippen LogP contribution in [-0.2, 0) is 20.9 Å².